The normalized spacial score (nSPS) is 15.9. The maximum atomic E-state index is 12.3. The number of nitrogens with zero attached hydrogens (tertiary/aromatic N) is 4. The van der Waals surface area contributed by atoms with Gasteiger partial charge in [-0.15, -0.1) is 10.2 Å². The number of rotatable bonds is 4. The lowest BCUT2D eigenvalue weighted by atomic mass is 9.95. The van der Waals surface area contributed by atoms with E-state index in [1.54, 1.807) is 6.26 Å². The highest BCUT2D eigenvalue weighted by molar-refractivity contribution is 5.76. The molecule has 1 aliphatic heterocycles. The monoisotopic (exact) mass is 324 g/mol. The average Bonchev–Trinajstić information content (AvgIpc) is 3.29. The maximum absolute atomic E-state index is 12.3. The summed E-state index contributed by atoms with van der Waals surface area (Å²) in [5, 5.41) is 8.58. The summed E-state index contributed by atoms with van der Waals surface area (Å²) < 4.78 is 7.34. The van der Waals surface area contributed by atoms with Crippen molar-refractivity contribution < 1.29 is 9.21 Å². The van der Waals surface area contributed by atoms with Crippen molar-refractivity contribution in [1.82, 2.24) is 19.5 Å². The smallest absolute Gasteiger partial charge is 0.223 e. The first-order valence-corrected chi connectivity index (χ1v) is 8.41. The van der Waals surface area contributed by atoms with Crippen molar-refractivity contribution in [3.63, 3.8) is 0 Å². The van der Waals surface area contributed by atoms with Gasteiger partial charge < -0.3 is 9.32 Å². The number of carbonyl (C=O) groups excluding carboxylic acids is 1. The molecule has 1 saturated heterocycles. The molecular weight excluding hydrogens is 304 g/mol. The van der Waals surface area contributed by atoms with E-state index in [-0.39, 0.29) is 5.91 Å². The second-order valence-corrected chi connectivity index (χ2v) is 6.22. The minimum Gasteiger partial charge on any atom is -0.469 e. The van der Waals surface area contributed by atoms with E-state index in [1.165, 1.54) is 0 Å². The summed E-state index contributed by atoms with van der Waals surface area (Å²) in [4.78, 5) is 14.3. The lowest BCUT2D eigenvalue weighted by molar-refractivity contribution is -0.132. The first kappa shape index (κ1) is 14.9. The van der Waals surface area contributed by atoms with Gasteiger partial charge in [-0.25, -0.2) is 0 Å². The first-order chi connectivity index (χ1) is 11.8. The Kier molecular flexibility index (Phi) is 4.02. The molecule has 0 N–H and O–H groups in total. The molecule has 24 heavy (non-hydrogen) atoms. The Morgan fingerprint density at radius 3 is 2.83 bits per heavy atom. The molecule has 1 fully saturated rings. The second-order valence-electron chi connectivity index (χ2n) is 6.22. The van der Waals surface area contributed by atoms with Gasteiger partial charge >= 0.3 is 0 Å². The fourth-order valence-electron chi connectivity index (χ4n) is 3.37. The molecule has 3 aromatic heterocycles. The van der Waals surface area contributed by atoms with Crippen LogP contribution in [0.25, 0.3) is 5.65 Å². The molecule has 124 valence electrons. The Morgan fingerprint density at radius 2 is 2.04 bits per heavy atom. The Labute approximate surface area is 140 Å². The molecule has 0 atom stereocenters. The van der Waals surface area contributed by atoms with Crippen molar-refractivity contribution in [1.29, 1.82) is 0 Å². The van der Waals surface area contributed by atoms with Crippen LogP contribution in [-0.2, 0) is 11.2 Å². The predicted octanol–water partition coefficient (Wildman–Crippen LogP) is 2.66. The quantitative estimate of drug-likeness (QED) is 0.740. The summed E-state index contributed by atoms with van der Waals surface area (Å²) >= 11 is 0. The van der Waals surface area contributed by atoms with Crippen molar-refractivity contribution in [3.05, 3.63) is 54.4 Å². The lowest BCUT2D eigenvalue weighted by Crippen LogP contribution is -2.38. The van der Waals surface area contributed by atoms with E-state index in [1.807, 2.05) is 41.4 Å². The average molecular weight is 324 g/mol. The summed E-state index contributed by atoms with van der Waals surface area (Å²) in [6, 6.07) is 9.69. The number of aromatic nitrogens is 3. The third-order valence-corrected chi connectivity index (χ3v) is 4.72. The van der Waals surface area contributed by atoms with Crippen LogP contribution in [0.2, 0.25) is 0 Å². The van der Waals surface area contributed by atoms with E-state index in [4.69, 9.17) is 4.42 Å². The van der Waals surface area contributed by atoms with E-state index in [0.717, 1.165) is 43.2 Å². The van der Waals surface area contributed by atoms with E-state index < -0.39 is 0 Å². The summed E-state index contributed by atoms with van der Waals surface area (Å²) in [6.07, 6.45) is 6.69. The van der Waals surface area contributed by atoms with Gasteiger partial charge in [0.05, 0.1) is 6.26 Å². The molecule has 0 bridgehead atoms. The van der Waals surface area contributed by atoms with E-state index in [9.17, 15) is 4.79 Å². The molecule has 4 heterocycles. The molecule has 0 saturated carbocycles. The molecule has 6 nitrogen and oxygen atoms in total. The van der Waals surface area contributed by atoms with Crippen LogP contribution in [0, 0.1) is 0 Å². The van der Waals surface area contributed by atoms with Crippen molar-refractivity contribution >= 4 is 11.6 Å². The number of furan rings is 1. The number of piperidine rings is 1. The molecule has 1 aliphatic rings. The molecule has 0 radical (unpaired) electrons. The third kappa shape index (κ3) is 2.91. The summed E-state index contributed by atoms with van der Waals surface area (Å²) in [7, 11) is 0. The van der Waals surface area contributed by atoms with E-state index >= 15 is 0 Å². The Morgan fingerprint density at radius 1 is 1.17 bits per heavy atom. The topological polar surface area (TPSA) is 63.6 Å². The highest BCUT2D eigenvalue weighted by Crippen LogP contribution is 2.27. The summed E-state index contributed by atoms with van der Waals surface area (Å²) in [6.45, 7) is 1.56. The van der Waals surface area contributed by atoms with Gasteiger partial charge in [-0.05, 0) is 37.1 Å². The minimum absolute atomic E-state index is 0.205. The van der Waals surface area contributed by atoms with Gasteiger partial charge in [0.25, 0.3) is 0 Å². The van der Waals surface area contributed by atoms with Crippen molar-refractivity contribution in [2.45, 2.75) is 31.6 Å². The van der Waals surface area contributed by atoms with Crippen LogP contribution in [-0.4, -0.2) is 38.5 Å². The molecule has 0 aromatic carbocycles. The molecule has 6 heteroatoms. The van der Waals surface area contributed by atoms with Gasteiger partial charge in [0, 0.05) is 38.0 Å². The number of pyridine rings is 1. The van der Waals surface area contributed by atoms with Crippen LogP contribution in [0.1, 0.15) is 36.8 Å². The van der Waals surface area contributed by atoms with E-state index in [0.29, 0.717) is 18.8 Å². The van der Waals surface area contributed by atoms with Crippen LogP contribution in [0.15, 0.2) is 47.2 Å². The van der Waals surface area contributed by atoms with Crippen LogP contribution in [0.3, 0.4) is 0 Å². The fraction of sp³-hybridized carbons (Fsp3) is 0.389. The largest absolute Gasteiger partial charge is 0.469 e. The van der Waals surface area contributed by atoms with Gasteiger partial charge in [0.1, 0.15) is 11.6 Å². The zero-order valence-corrected chi connectivity index (χ0v) is 13.5. The molecular formula is C18H20N4O2. The second kappa shape index (κ2) is 6.47. The third-order valence-electron chi connectivity index (χ3n) is 4.72. The minimum atomic E-state index is 0.205. The molecule has 3 aromatic rings. The number of hydrogen-bond acceptors (Lipinski definition) is 4. The maximum Gasteiger partial charge on any atom is 0.223 e. The first-order valence-electron chi connectivity index (χ1n) is 8.41. The Balaban J connectivity index is 1.35. The van der Waals surface area contributed by atoms with Gasteiger partial charge in [-0.2, -0.15) is 0 Å². The Hall–Kier alpha value is -2.63. The van der Waals surface area contributed by atoms with Crippen molar-refractivity contribution in [2.24, 2.45) is 0 Å². The molecule has 0 aliphatic carbocycles. The summed E-state index contributed by atoms with van der Waals surface area (Å²) in [5.41, 5.74) is 0.879. The van der Waals surface area contributed by atoms with Crippen molar-refractivity contribution in [3.8, 4) is 0 Å². The predicted molar refractivity (Wildman–Crippen MR) is 88.6 cm³/mol. The van der Waals surface area contributed by atoms with Crippen LogP contribution in [0.5, 0.6) is 0 Å². The number of fused-ring (bicyclic) bond motifs is 1. The van der Waals surface area contributed by atoms with Crippen LogP contribution >= 0.6 is 0 Å². The van der Waals surface area contributed by atoms with Gasteiger partial charge in [-0.3, -0.25) is 9.20 Å². The molecule has 4 rings (SSSR count). The standard InChI is InChI=1S/C18H20N4O2/c23-17(7-6-15-4-3-13-24-15)21-11-8-14(9-12-21)18-20-19-16-5-1-2-10-22(16)18/h1-5,10,13-14H,6-9,11-12H2. The van der Waals surface area contributed by atoms with Gasteiger partial charge in [-0.1, -0.05) is 6.07 Å². The number of aryl methyl sites for hydroxylation is 1. The highest BCUT2D eigenvalue weighted by Gasteiger charge is 2.26. The van der Waals surface area contributed by atoms with Crippen LogP contribution < -0.4 is 0 Å². The number of amides is 1. The van der Waals surface area contributed by atoms with Crippen LogP contribution in [0.4, 0.5) is 0 Å². The van der Waals surface area contributed by atoms with E-state index in [2.05, 4.69) is 14.6 Å². The summed E-state index contributed by atoms with van der Waals surface area (Å²) in [5.74, 6) is 2.44. The number of hydrogen-bond donors (Lipinski definition) is 0. The zero-order valence-electron chi connectivity index (χ0n) is 13.5. The SMILES string of the molecule is O=C(CCc1ccco1)N1CCC(c2nnc3ccccn23)CC1. The zero-order chi connectivity index (χ0) is 16.4. The molecule has 1 amide bonds. The van der Waals surface area contributed by atoms with Crippen molar-refractivity contribution in [2.75, 3.05) is 13.1 Å². The number of carbonyl (C=O) groups is 1. The lowest BCUT2D eigenvalue weighted by Gasteiger charge is -2.31. The fourth-order valence-corrected chi connectivity index (χ4v) is 3.37. The van der Waals surface area contributed by atoms with Gasteiger partial charge in [0.2, 0.25) is 5.91 Å². The Bertz CT molecular complexity index is 817. The highest BCUT2D eigenvalue weighted by atomic mass is 16.3. The molecule has 0 spiro atoms. The van der Waals surface area contributed by atoms with Gasteiger partial charge in [0.15, 0.2) is 5.65 Å². The number of likely N-dealkylation sites (tertiary alicyclic amines) is 1. The molecule has 0 unspecified atom stereocenters.